The smallest absolute Gasteiger partial charge is 0.207 e. The summed E-state index contributed by atoms with van der Waals surface area (Å²) >= 11 is 0. The summed E-state index contributed by atoms with van der Waals surface area (Å²) in [5.41, 5.74) is 13.7. The van der Waals surface area contributed by atoms with Gasteiger partial charge in [-0.25, -0.2) is 13.8 Å². The number of carbonyl (C=O) groups is 1. The van der Waals surface area contributed by atoms with Crippen LogP contribution in [0.25, 0.3) is 17.3 Å². The number of methoxy groups -OCH3 is 1. The molecule has 1 atom stereocenters. The number of nitrogens with two attached hydrogens (primary N) is 2. The Kier molecular flexibility index (Phi) is 10.3. The van der Waals surface area contributed by atoms with E-state index >= 15 is 0 Å². The molecule has 0 aliphatic rings. The summed E-state index contributed by atoms with van der Waals surface area (Å²) in [7, 11) is 1.61. The predicted molar refractivity (Wildman–Crippen MR) is 144 cm³/mol. The van der Waals surface area contributed by atoms with Gasteiger partial charge in [-0.3, -0.25) is 4.79 Å². The molecule has 0 aliphatic heterocycles. The lowest BCUT2D eigenvalue weighted by Crippen LogP contribution is -2.24. The summed E-state index contributed by atoms with van der Waals surface area (Å²) in [4.78, 5) is 14.4. The number of carbonyl (C=O) groups excluding carboxylic acids is 1. The van der Waals surface area contributed by atoms with Crippen LogP contribution >= 0.6 is 0 Å². The molecule has 0 radical (unpaired) electrons. The molecule has 38 heavy (non-hydrogen) atoms. The number of hydrogen-bond acceptors (Lipinski definition) is 7. The van der Waals surface area contributed by atoms with E-state index in [-0.39, 0.29) is 23.5 Å². The van der Waals surface area contributed by atoms with E-state index in [2.05, 4.69) is 10.3 Å². The predicted octanol–water partition coefficient (Wildman–Crippen LogP) is 3.94. The Hall–Kier alpha value is -4.02. The number of amides is 1. The largest absolute Gasteiger partial charge is 0.495 e. The van der Waals surface area contributed by atoms with E-state index in [1.54, 1.807) is 7.11 Å². The first-order valence-electron chi connectivity index (χ1n) is 11.7. The lowest BCUT2D eigenvalue weighted by Gasteiger charge is -2.22. The van der Waals surface area contributed by atoms with Crippen molar-refractivity contribution in [2.75, 3.05) is 19.4 Å². The lowest BCUT2D eigenvalue weighted by atomic mass is 9.94. The zero-order valence-electron chi connectivity index (χ0n) is 22.0. The molecule has 1 aromatic heterocycles. The molecule has 0 spiro atoms. The number of allylic oxidation sites excluding steroid dienone is 1. The van der Waals surface area contributed by atoms with Crippen molar-refractivity contribution in [3.8, 4) is 17.0 Å². The minimum absolute atomic E-state index is 0.0584. The number of nitrogen functional groups attached to an aromatic ring is 1. The van der Waals surface area contributed by atoms with Crippen molar-refractivity contribution in [2.45, 2.75) is 39.4 Å². The maximum Gasteiger partial charge on any atom is 0.207 e. The molecule has 1 heterocycles. The summed E-state index contributed by atoms with van der Waals surface area (Å²) in [6.45, 7) is 6.39. The van der Waals surface area contributed by atoms with Gasteiger partial charge in [0.15, 0.2) is 5.82 Å². The molecule has 0 aliphatic carbocycles. The van der Waals surface area contributed by atoms with Gasteiger partial charge in [-0.1, -0.05) is 0 Å². The van der Waals surface area contributed by atoms with Crippen LogP contribution in [0.15, 0.2) is 48.2 Å². The molecule has 3 rings (SSSR count). The molecule has 8 nitrogen and oxygen atoms in total. The van der Waals surface area contributed by atoms with E-state index in [0.29, 0.717) is 23.4 Å². The first kappa shape index (κ1) is 30.2. The molecule has 0 bridgehead atoms. The summed E-state index contributed by atoms with van der Waals surface area (Å²) in [5.74, 6) is -0.593. The number of pyridine rings is 1. The fraction of sp³-hybridized carbons (Fsp3) is 0.286. The van der Waals surface area contributed by atoms with Crippen molar-refractivity contribution in [1.29, 1.82) is 0 Å². The lowest BCUT2D eigenvalue weighted by molar-refractivity contribution is -0.110. The van der Waals surface area contributed by atoms with E-state index in [4.69, 9.17) is 16.2 Å². The summed E-state index contributed by atoms with van der Waals surface area (Å²) < 4.78 is 32.9. The highest BCUT2D eigenvalue weighted by atomic mass is 19.1. The van der Waals surface area contributed by atoms with Gasteiger partial charge in [-0.05, 0) is 81.8 Å². The monoisotopic (exact) mass is 528 g/mol. The maximum atomic E-state index is 14.6. The quantitative estimate of drug-likeness (QED) is 0.220. The van der Waals surface area contributed by atoms with Crippen LogP contribution in [-0.4, -0.2) is 35.3 Å². The zero-order chi connectivity index (χ0) is 28.6. The van der Waals surface area contributed by atoms with Gasteiger partial charge in [0.1, 0.15) is 23.4 Å². The third kappa shape index (κ3) is 7.99. The Morgan fingerprint density at radius 2 is 1.84 bits per heavy atom. The number of rotatable bonds is 8. The number of aromatic nitrogens is 1. The molecule has 204 valence electrons. The van der Waals surface area contributed by atoms with Crippen LogP contribution in [0.3, 0.4) is 0 Å². The van der Waals surface area contributed by atoms with Gasteiger partial charge in [-0.2, -0.15) is 0 Å². The Morgan fingerprint density at radius 1 is 1.21 bits per heavy atom. The van der Waals surface area contributed by atoms with Gasteiger partial charge in [0.25, 0.3) is 0 Å². The second-order valence-electron chi connectivity index (χ2n) is 9.22. The number of aliphatic hydroxyl groups excluding tert-OH is 1. The summed E-state index contributed by atoms with van der Waals surface area (Å²) in [6.07, 6.45) is 0.823. The Morgan fingerprint density at radius 3 is 2.37 bits per heavy atom. The fourth-order valence-electron chi connectivity index (χ4n) is 3.57. The Balaban J connectivity index is 0.000000308. The van der Waals surface area contributed by atoms with Gasteiger partial charge < -0.3 is 31.7 Å². The second kappa shape index (κ2) is 13.0. The molecule has 1 amide bonds. The Bertz CT molecular complexity index is 1290. The standard InChI is InChI=1S/C17H18F2N2O3.C11H16N2O/c1-17(2,24)12-7-13(10-3-5-11(18)6-4-10)21-16(15(12)19)14(23)8-20-9-22;1-7-4-9(6-8(2)12)11(13)10(5-7)14-3/h3-7,9,14,23-24H,8H2,1-2H3,(H,20,22);4-6H,12-13H2,1-3H3/b;8-6-. The maximum absolute atomic E-state index is 14.6. The highest BCUT2D eigenvalue weighted by Gasteiger charge is 2.27. The van der Waals surface area contributed by atoms with Gasteiger partial charge in [0.05, 0.1) is 24.1 Å². The molecule has 7 N–H and O–H groups in total. The molecule has 0 saturated heterocycles. The van der Waals surface area contributed by atoms with E-state index in [1.165, 1.54) is 44.2 Å². The molecule has 2 aromatic carbocycles. The van der Waals surface area contributed by atoms with Crippen molar-refractivity contribution in [3.05, 3.63) is 82.2 Å². The molecule has 3 aromatic rings. The number of ether oxygens (including phenoxy) is 1. The van der Waals surface area contributed by atoms with Crippen LogP contribution < -0.4 is 21.5 Å². The van der Waals surface area contributed by atoms with Crippen molar-refractivity contribution < 1.29 is 28.5 Å². The van der Waals surface area contributed by atoms with Crippen LogP contribution in [0.4, 0.5) is 14.5 Å². The number of aliphatic hydroxyl groups is 2. The van der Waals surface area contributed by atoms with Crippen LogP contribution in [0.1, 0.15) is 49.3 Å². The topological polar surface area (TPSA) is 144 Å². The van der Waals surface area contributed by atoms with Crippen LogP contribution in [0.5, 0.6) is 5.75 Å². The highest BCUT2D eigenvalue weighted by molar-refractivity contribution is 5.72. The number of aryl methyl sites for hydroxylation is 1. The second-order valence-corrected chi connectivity index (χ2v) is 9.22. The first-order valence-corrected chi connectivity index (χ1v) is 11.7. The third-order valence-electron chi connectivity index (χ3n) is 5.41. The average Bonchev–Trinajstić information content (AvgIpc) is 2.84. The van der Waals surface area contributed by atoms with Gasteiger partial charge in [0.2, 0.25) is 6.41 Å². The van der Waals surface area contributed by atoms with Gasteiger partial charge in [0, 0.05) is 28.9 Å². The third-order valence-corrected chi connectivity index (χ3v) is 5.41. The van der Waals surface area contributed by atoms with E-state index in [0.717, 1.165) is 16.8 Å². The van der Waals surface area contributed by atoms with Crippen molar-refractivity contribution >= 4 is 18.2 Å². The van der Waals surface area contributed by atoms with Crippen molar-refractivity contribution in [2.24, 2.45) is 5.73 Å². The molecular weight excluding hydrogens is 494 g/mol. The zero-order valence-corrected chi connectivity index (χ0v) is 22.0. The summed E-state index contributed by atoms with van der Waals surface area (Å²) in [6, 6.07) is 10.6. The molecule has 0 fully saturated rings. The fourth-order valence-corrected chi connectivity index (χ4v) is 3.57. The summed E-state index contributed by atoms with van der Waals surface area (Å²) in [5, 5.41) is 22.5. The number of halogens is 2. The number of hydrogen-bond donors (Lipinski definition) is 5. The van der Waals surface area contributed by atoms with E-state index in [1.807, 2.05) is 32.1 Å². The van der Waals surface area contributed by atoms with Crippen LogP contribution in [-0.2, 0) is 10.4 Å². The number of nitrogens with zero attached hydrogens (tertiary/aromatic N) is 1. The minimum atomic E-state index is -1.52. The molecule has 10 heteroatoms. The highest BCUT2D eigenvalue weighted by Crippen LogP contribution is 2.31. The van der Waals surface area contributed by atoms with Gasteiger partial charge >= 0.3 is 0 Å². The molecular formula is C28H34F2N4O4. The first-order chi connectivity index (χ1) is 17.8. The van der Waals surface area contributed by atoms with Crippen molar-refractivity contribution in [3.63, 3.8) is 0 Å². The average molecular weight is 529 g/mol. The van der Waals surface area contributed by atoms with Crippen molar-refractivity contribution in [1.82, 2.24) is 10.3 Å². The van der Waals surface area contributed by atoms with E-state index in [9.17, 15) is 23.8 Å². The number of nitrogens with one attached hydrogen (secondary N) is 1. The van der Waals surface area contributed by atoms with Gasteiger partial charge in [-0.15, -0.1) is 0 Å². The molecule has 0 saturated carbocycles. The van der Waals surface area contributed by atoms with E-state index < -0.39 is 23.3 Å². The SMILES string of the molecule is CC(C)(O)c1cc(-c2ccc(F)cc2)nc(C(O)CNC=O)c1F.COc1cc(C)cc(/C=C(/C)N)c1N. The molecule has 1 unspecified atom stereocenters. The van der Waals surface area contributed by atoms with Crippen LogP contribution in [0.2, 0.25) is 0 Å². The normalized spacial score (nSPS) is 12.3. The number of benzene rings is 2. The van der Waals surface area contributed by atoms with Crippen LogP contribution in [0, 0.1) is 18.6 Å². The minimum Gasteiger partial charge on any atom is -0.495 e. The Labute approximate surface area is 221 Å². The number of anilines is 1.